The highest BCUT2D eigenvalue weighted by Gasteiger charge is 2.14. The minimum atomic E-state index is -0.243. The van der Waals surface area contributed by atoms with Crippen LogP contribution in [0.3, 0.4) is 0 Å². The van der Waals surface area contributed by atoms with E-state index in [2.05, 4.69) is 22.7 Å². The van der Waals surface area contributed by atoms with Crippen molar-refractivity contribution in [3.63, 3.8) is 0 Å². The number of methoxy groups -OCH3 is 2. The van der Waals surface area contributed by atoms with Gasteiger partial charge >= 0.3 is 0 Å². The van der Waals surface area contributed by atoms with Gasteiger partial charge in [-0.2, -0.15) is 5.10 Å². The Balaban J connectivity index is 1.47. The number of nitrogens with zero attached hydrogens (tertiary/aromatic N) is 3. The fourth-order valence-corrected chi connectivity index (χ4v) is 4.22. The van der Waals surface area contributed by atoms with Gasteiger partial charge in [-0.3, -0.25) is 4.79 Å². The molecule has 4 rings (SSSR count). The van der Waals surface area contributed by atoms with E-state index in [1.807, 2.05) is 53.1 Å². The number of fused-ring (bicyclic) bond motifs is 1. The number of hydrazone groups is 1. The number of carbonyl (C=O) groups excluding carboxylic acids is 1. The molecule has 1 amide bonds. The predicted molar refractivity (Wildman–Crippen MR) is 131 cm³/mol. The van der Waals surface area contributed by atoms with Gasteiger partial charge in [-0.15, -0.1) is 11.8 Å². The maximum absolute atomic E-state index is 12.7. The van der Waals surface area contributed by atoms with Crippen LogP contribution in [-0.4, -0.2) is 35.9 Å². The lowest BCUT2D eigenvalue weighted by Gasteiger charge is -2.09. The minimum absolute atomic E-state index is 0.113. The molecule has 0 unspecified atom stereocenters. The van der Waals surface area contributed by atoms with Crippen molar-refractivity contribution in [3.8, 4) is 11.5 Å². The molecule has 0 radical (unpaired) electrons. The molecule has 8 heteroatoms. The molecule has 33 heavy (non-hydrogen) atoms. The van der Waals surface area contributed by atoms with Gasteiger partial charge in [0.1, 0.15) is 23.9 Å². The molecule has 0 saturated carbocycles. The first-order chi connectivity index (χ1) is 16.2. The van der Waals surface area contributed by atoms with E-state index in [9.17, 15) is 4.79 Å². The molecule has 7 nitrogen and oxygen atoms in total. The Bertz CT molecular complexity index is 1270. The molecule has 0 atom stereocenters. The van der Waals surface area contributed by atoms with E-state index >= 15 is 0 Å². The molecular formula is C25H24N4O3S. The van der Waals surface area contributed by atoms with Gasteiger partial charge in [0.05, 0.1) is 37.2 Å². The third-order valence-corrected chi connectivity index (χ3v) is 5.99. The van der Waals surface area contributed by atoms with Crippen molar-refractivity contribution in [2.45, 2.75) is 17.2 Å². The number of thioether (sulfide) groups is 1. The van der Waals surface area contributed by atoms with Crippen LogP contribution in [0.15, 0.2) is 82.8 Å². The van der Waals surface area contributed by atoms with E-state index in [1.54, 1.807) is 44.3 Å². The first-order valence-corrected chi connectivity index (χ1v) is 11.3. The van der Waals surface area contributed by atoms with Gasteiger partial charge in [0.25, 0.3) is 5.91 Å². The van der Waals surface area contributed by atoms with E-state index in [0.717, 1.165) is 27.3 Å². The third-order valence-electron chi connectivity index (χ3n) is 4.98. The zero-order valence-corrected chi connectivity index (χ0v) is 19.2. The first-order valence-electron chi connectivity index (χ1n) is 10.3. The summed E-state index contributed by atoms with van der Waals surface area (Å²) in [6.45, 7) is 0.113. The van der Waals surface area contributed by atoms with Crippen molar-refractivity contribution in [1.82, 2.24) is 15.0 Å². The Morgan fingerprint density at radius 3 is 2.64 bits per heavy atom. The highest BCUT2D eigenvalue weighted by molar-refractivity contribution is 7.98. The number of hydrogen-bond donors (Lipinski definition) is 1. The molecule has 4 aromatic rings. The van der Waals surface area contributed by atoms with Gasteiger partial charge in [0, 0.05) is 16.5 Å². The zero-order valence-electron chi connectivity index (χ0n) is 18.4. The standard InChI is InChI=1S/C25H24N4O3S/c1-31-19-13-12-18(23(14-19)32-2)15-26-28-25(30)16-29-22-11-7-6-10-21(22)27-24(29)17-33-20-8-4-3-5-9-20/h3-15H,16-17H2,1-2H3,(H,28,30). The maximum Gasteiger partial charge on any atom is 0.260 e. The maximum atomic E-state index is 12.7. The van der Waals surface area contributed by atoms with E-state index in [-0.39, 0.29) is 12.5 Å². The van der Waals surface area contributed by atoms with Gasteiger partial charge < -0.3 is 14.0 Å². The molecule has 1 aromatic heterocycles. The number of nitrogens with one attached hydrogen (secondary N) is 1. The number of benzene rings is 3. The summed E-state index contributed by atoms with van der Waals surface area (Å²) in [5.74, 6) is 2.53. The SMILES string of the molecule is COc1ccc(C=NNC(=O)Cn2c(CSc3ccccc3)nc3ccccc32)c(OC)c1. The Morgan fingerprint density at radius 1 is 1.06 bits per heavy atom. The largest absolute Gasteiger partial charge is 0.497 e. The van der Waals surface area contributed by atoms with Gasteiger partial charge in [-0.05, 0) is 36.4 Å². The number of ether oxygens (including phenoxy) is 2. The normalized spacial score (nSPS) is 11.1. The molecule has 3 aromatic carbocycles. The monoisotopic (exact) mass is 460 g/mol. The van der Waals surface area contributed by atoms with Crippen molar-refractivity contribution in [1.29, 1.82) is 0 Å². The van der Waals surface area contributed by atoms with Crippen molar-refractivity contribution in [3.05, 3.63) is 84.2 Å². The molecule has 0 aliphatic carbocycles. The summed E-state index contributed by atoms with van der Waals surface area (Å²) in [5, 5.41) is 4.11. The van der Waals surface area contributed by atoms with Crippen molar-refractivity contribution in [2.75, 3.05) is 14.2 Å². The van der Waals surface area contributed by atoms with Crippen molar-refractivity contribution in [2.24, 2.45) is 5.10 Å². The van der Waals surface area contributed by atoms with Crippen LogP contribution in [0, 0.1) is 0 Å². The summed E-state index contributed by atoms with van der Waals surface area (Å²) in [4.78, 5) is 18.6. The number of aromatic nitrogens is 2. The Labute approximate surface area is 196 Å². The smallest absolute Gasteiger partial charge is 0.260 e. The molecule has 0 aliphatic heterocycles. The average molecular weight is 461 g/mol. The lowest BCUT2D eigenvalue weighted by Crippen LogP contribution is -2.24. The molecule has 168 valence electrons. The highest BCUT2D eigenvalue weighted by Crippen LogP contribution is 2.25. The molecule has 0 bridgehead atoms. The molecule has 0 saturated heterocycles. The first kappa shape index (κ1) is 22.4. The van der Waals surface area contributed by atoms with Crippen molar-refractivity contribution >= 4 is 34.9 Å². The molecule has 1 N–H and O–H groups in total. The summed E-state index contributed by atoms with van der Waals surface area (Å²) < 4.78 is 12.5. The Morgan fingerprint density at radius 2 is 1.85 bits per heavy atom. The van der Waals surface area contributed by atoms with Crippen molar-refractivity contribution < 1.29 is 14.3 Å². The Kier molecular flexibility index (Phi) is 7.26. The second-order valence-corrected chi connectivity index (χ2v) is 8.15. The van der Waals surface area contributed by atoms with Gasteiger partial charge in [-0.1, -0.05) is 30.3 Å². The quantitative estimate of drug-likeness (QED) is 0.226. The molecule has 0 spiro atoms. The third kappa shape index (κ3) is 5.53. The van der Waals surface area contributed by atoms with Gasteiger partial charge in [0.15, 0.2) is 0 Å². The zero-order chi connectivity index (χ0) is 23.0. The summed E-state index contributed by atoms with van der Waals surface area (Å²) in [6.07, 6.45) is 1.55. The predicted octanol–water partition coefficient (Wildman–Crippen LogP) is 4.50. The fraction of sp³-hybridized carbons (Fsp3) is 0.160. The molecule has 1 heterocycles. The summed E-state index contributed by atoms with van der Waals surface area (Å²) >= 11 is 1.68. The van der Waals surface area contributed by atoms with Crippen LogP contribution in [0.5, 0.6) is 11.5 Å². The molecule has 0 aliphatic rings. The van der Waals surface area contributed by atoms with Crippen LogP contribution in [0.2, 0.25) is 0 Å². The van der Waals surface area contributed by atoms with Gasteiger partial charge in [0.2, 0.25) is 0 Å². The van der Waals surface area contributed by atoms with Crippen LogP contribution in [0.25, 0.3) is 11.0 Å². The summed E-state index contributed by atoms with van der Waals surface area (Å²) in [7, 11) is 3.17. The number of rotatable bonds is 9. The lowest BCUT2D eigenvalue weighted by atomic mass is 10.2. The van der Waals surface area contributed by atoms with Crippen LogP contribution in [0.4, 0.5) is 0 Å². The van der Waals surface area contributed by atoms with E-state index in [1.165, 1.54) is 0 Å². The number of para-hydroxylation sites is 2. The van der Waals surface area contributed by atoms with E-state index in [0.29, 0.717) is 17.3 Å². The summed E-state index contributed by atoms with van der Waals surface area (Å²) in [6, 6.07) is 23.3. The highest BCUT2D eigenvalue weighted by atomic mass is 32.2. The molecular weight excluding hydrogens is 436 g/mol. The number of hydrogen-bond acceptors (Lipinski definition) is 6. The fourth-order valence-electron chi connectivity index (χ4n) is 3.35. The van der Waals surface area contributed by atoms with Crippen LogP contribution in [-0.2, 0) is 17.1 Å². The number of amides is 1. The van der Waals surface area contributed by atoms with E-state index in [4.69, 9.17) is 14.5 Å². The van der Waals surface area contributed by atoms with Crippen LogP contribution in [0.1, 0.15) is 11.4 Å². The molecule has 0 fully saturated rings. The second-order valence-electron chi connectivity index (χ2n) is 7.11. The lowest BCUT2D eigenvalue weighted by molar-refractivity contribution is -0.121. The Hall–Kier alpha value is -3.78. The topological polar surface area (TPSA) is 77.7 Å². The minimum Gasteiger partial charge on any atom is -0.497 e. The summed E-state index contributed by atoms with van der Waals surface area (Å²) in [5.41, 5.74) is 5.11. The average Bonchev–Trinajstić information content (AvgIpc) is 3.20. The van der Waals surface area contributed by atoms with E-state index < -0.39 is 0 Å². The van der Waals surface area contributed by atoms with Crippen LogP contribution >= 0.6 is 11.8 Å². The second kappa shape index (κ2) is 10.7. The van der Waals surface area contributed by atoms with Gasteiger partial charge in [-0.25, -0.2) is 10.4 Å². The number of carbonyl (C=O) groups is 1. The number of imidazole rings is 1. The van der Waals surface area contributed by atoms with Crippen LogP contribution < -0.4 is 14.9 Å².